The van der Waals surface area contributed by atoms with Gasteiger partial charge in [-0.15, -0.1) is 11.3 Å². The fourth-order valence-corrected chi connectivity index (χ4v) is 4.85. The average molecular weight is 434 g/mol. The van der Waals surface area contributed by atoms with Crippen LogP contribution in [-0.4, -0.2) is 22.2 Å². The zero-order chi connectivity index (χ0) is 21.6. The molecule has 0 spiro atoms. The van der Waals surface area contributed by atoms with Gasteiger partial charge in [-0.25, -0.2) is 0 Å². The van der Waals surface area contributed by atoms with E-state index in [1.807, 2.05) is 25.1 Å². The van der Waals surface area contributed by atoms with Crippen LogP contribution in [-0.2, 0) is 16.1 Å². The lowest BCUT2D eigenvalue weighted by atomic mass is 10.1. The molecule has 0 fully saturated rings. The second kappa shape index (κ2) is 9.84. The van der Waals surface area contributed by atoms with Crippen LogP contribution in [0.2, 0.25) is 0 Å². The summed E-state index contributed by atoms with van der Waals surface area (Å²) < 4.78 is 7.35. The molecular weight excluding hydrogens is 406 g/mol. The largest absolute Gasteiger partial charge is 0.508 e. The Kier molecular flexibility index (Phi) is 6.73. The Morgan fingerprint density at radius 2 is 1.84 bits per heavy atom. The number of ether oxygens (including phenoxy) is 1. The van der Waals surface area contributed by atoms with Gasteiger partial charge in [0.2, 0.25) is 0 Å². The molecule has 0 unspecified atom stereocenters. The first-order chi connectivity index (χ1) is 15.2. The second-order valence-electron chi connectivity index (χ2n) is 7.61. The predicted octanol–water partition coefficient (Wildman–Crippen LogP) is 6.87. The van der Waals surface area contributed by atoms with E-state index in [-0.39, 0.29) is 11.7 Å². The summed E-state index contributed by atoms with van der Waals surface area (Å²) in [6.07, 6.45) is 3.27. The van der Waals surface area contributed by atoms with Crippen molar-refractivity contribution in [3.8, 4) is 27.4 Å². The molecule has 4 nitrogen and oxygen atoms in total. The zero-order valence-corrected chi connectivity index (χ0v) is 18.5. The maximum Gasteiger partial charge on any atom is 0.305 e. The average Bonchev–Trinajstić information content (AvgIpc) is 3.39. The van der Waals surface area contributed by atoms with Crippen molar-refractivity contribution in [2.45, 2.75) is 39.2 Å². The van der Waals surface area contributed by atoms with Crippen molar-refractivity contribution in [3.05, 3.63) is 66.0 Å². The lowest BCUT2D eigenvalue weighted by Crippen LogP contribution is -2.04. The molecule has 0 saturated heterocycles. The lowest BCUT2D eigenvalue weighted by molar-refractivity contribution is -0.143. The van der Waals surface area contributed by atoms with Crippen LogP contribution in [0.25, 0.3) is 32.6 Å². The third kappa shape index (κ3) is 5.00. The number of phenolic OH excluding ortho intramolecular Hbond substituents is 1. The van der Waals surface area contributed by atoms with Crippen molar-refractivity contribution < 1.29 is 14.6 Å². The van der Waals surface area contributed by atoms with E-state index < -0.39 is 0 Å². The Morgan fingerprint density at radius 1 is 1.00 bits per heavy atom. The van der Waals surface area contributed by atoms with Crippen LogP contribution in [0.1, 0.15) is 32.6 Å². The molecule has 160 valence electrons. The highest BCUT2D eigenvalue weighted by Crippen LogP contribution is 2.36. The van der Waals surface area contributed by atoms with Gasteiger partial charge < -0.3 is 14.4 Å². The summed E-state index contributed by atoms with van der Waals surface area (Å²) in [4.78, 5) is 12.8. The second-order valence-corrected chi connectivity index (χ2v) is 8.52. The summed E-state index contributed by atoms with van der Waals surface area (Å²) in [5.74, 6) is 0.166. The number of benzene rings is 2. The van der Waals surface area contributed by atoms with Crippen molar-refractivity contribution in [3.63, 3.8) is 0 Å². The number of fused-ring (bicyclic) bond motifs is 1. The van der Waals surface area contributed by atoms with Crippen LogP contribution in [0.4, 0.5) is 0 Å². The number of aryl methyl sites for hydroxylation is 1. The van der Waals surface area contributed by atoms with E-state index in [4.69, 9.17) is 4.74 Å². The smallest absolute Gasteiger partial charge is 0.305 e. The quantitative estimate of drug-likeness (QED) is 0.232. The number of hydrogen-bond donors (Lipinski definition) is 1. The van der Waals surface area contributed by atoms with E-state index in [1.54, 1.807) is 17.4 Å². The van der Waals surface area contributed by atoms with Crippen molar-refractivity contribution in [2.75, 3.05) is 6.61 Å². The summed E-state index contributed by atoms with van der Waals surface area (Å²) >= 11 is 1.74. The van der Waals surface area contributed by atoms with Gasteiger partial charge >= 0.3 is 5.97 Å². The number of aromatic hydroxyl groups is 1. The SMILES string of the molecule is CCOC(=O)CCCCCn1c(-c2cc(-c3ccccc3)cs2)cc2cc(O)ccc21. The number of thiophene rings is 1. The minimum atomic E-state index is -0.114. The van der Waals surface area contributed by atoms with Gasteiger partial charge in [0.25, 0.3) is 0 Å². The van der Waals surface area contributed by atoms with Gasteiger partial charge in [-0.1, -0.05) is 36.8 Å². The standard InChI is InChI=1S/C26H27NO3S/c1-2-30-26(29)11-7-4-8-14-27-23-13-12-22(28)15-20(23)16-24(27)25-17-21(18-31-25)19-9-5-3-6-10-19/h3,5-6,9-10,12-13,15-18,28H,2,4,7-8,11,14H2,1H3. The van der Waals surface area contributed by atoms with Crippen molar-refractivity contribution >= 4 is 28.2 Å². The van der Waals surface area contributed by atoms with E-state index >= 15 is 0 Å². The Labute approximate surface area is 186 Å². The predicted molar refractivity (Wildman–Crippen MR) is 127 cm³/mol. The molecule has 2 aromatic heterocycles. The highest BCUT2D eigenvalue weighted by Gasteiger charge is 2.14. The molecule has 31 heavy (non-hydrogen) atoms. The van der Waals surface area contributed by atoms with Crippen LogP contribution in [0, 0.1) is 0 Å². The maximum atomic E-state index is 11.6. The molecule has 2 aromatic carbocycles. The maximum absolute atomic E-state index is 11.6. The Hall–Kier alpha value is -3.05. The van der Waals surface area contributed by atoms with Crippen LogP contribution < -0.4 is 0 Å². The van der Waals surface area contributed by atoms with Crippen LogP contribution in [0.3, 0.4) is 0 Å². The molecule has 0 aliphatic heterocycles. The van der Waals surface area contributed by atoms with E-state index in [1.165, 1.54) is 16.0 Å². The fraction of sp³-hybridized carbons (Fsp3) is 0.269. The zero-order valence-electron chi connectivity index (χ0n) is 17.7. The molecule has 0 amide bonds. The van der Waals surface area contributed by atoms with Gasteiger partial charge in [0, 0.05) is 23.9 Å². The molecule has 4 rings (SSSR count). The van der Waals surface area contributed by atoms with Gasteiger partial charge in [-0.2, -0.15) is 0 Å². The number of rotatable bonds is 9. The topological polar surface area (TPSA) is 51.5 Å². The first-order valence-electron chi connectivity index (χ1n) is 10.8. The molecule has 0 atom stereocenters. The van der Waals surface area contributed by atoms with E-state index in [9.17, 15) is 9.90 Å². The number of unbranched alkanes of at least 4 members (excludes halogenated alkanes) is 2. The molecule has 0 aliphatic carbocycles. The fourth-order valence-electron chi connectivity index (χ4n) is 3.91. The van der Waals surface area contributed by atoms with Crippen molar-refractivity contribution in [1.82, 2.24) is 4.57 Å². The molecule has 0 saturated carbocycles. The van der Waals surface area contributed by atoms with E-state index in [0.717, 1.165) is 42.4 Å². The minimum Gasteiger partial charge on any atom is -0.508 e. The summed E-state index contributed by atoms with van der Waals surface area (Å²) in [6, 6.07) is 20.4. The molecule has 1 N–H and O–H groups in total. The molecule has 4 aromatic rings. The number of hydrogen-bond acceptors (Lipinski definition) is 4. The van der Waals surface area contributed by atoms with Gasteiger partial charge in [0.15, 0.2) is 0 Å². The van der Waals surface area contributed by atoms with E-state index in [2.05, 4.69) is 46.3 Å². The summed E-state index contributed by atoms with van der Waals surface area (Å²) in [7, 11) is 0. The first-order valence-corrected chi connectivity index (χ1v) is 11.7. The molecule has 0 radical (unpaired) electrons. The molecular formula is C26H27NO3S. The highest BCUT2D eigenvalue weighted by atomic mass is 32.1. The Balaban J connectivity index is 1.56. The lowest BCUT2D eigenvalue weighted by Gasteiger charge is -2.10. The summed E-state index contributed by atoms with van der Waals surface area (Å²) in [5.41, 5.74) is 4.71. The molecule has 0 aliphatic rings. The Morgan fingerprint density at radius 3 is 2.65 bits per heavy atom. The Bertz CT molecular complexity index is 1160. The van der Waals surface area contributed by atoms with Gasteiger partial charge in [-0.3, -0.25) is 4.79 Å². The van der Waals surface area contributed by atoms with Crippen LogP contribution in [0.5, 0.6) is 5.75 Å². The summed E-state index contributed by atoms with van der Waals surface area (Å²) in [6.45, 7) is 3.14. The normalized spacial score (nSPS) is 11.1. The monoisotopic (exact) mass is 433 g/mol. The molecule has 5 heteroatoms. The first kappa shape index (κ1) is 21.2. The molecule has 0 bridgehead atoms. The van der Waals surface area contributed by atoms with Gasteiger partial charge in [0.05, 0.1) is 17.2 Å². The number of aromatic nitrogens is 1. The van der Waals surface area contributed by atoms with Crippen LogP contribution >= 0.6 is 11.3 Å². The number of esters is 1. The number of carbonyl (C=O) groups excluding carboxylic acids is 1. The van der Waals surface area contributed by atoms with Gasteiger partial charge in [0.1, 0.15) is 5.75 Å². The number of carbonyl (C=O) groups is 1. The number of phenols is 1. The third-order valence-electron chi connectivity index (χ3n) is 5.41. The highest BCUT2D eigenvalue weighted by molar-refractivity contribution is 7.14. The van der Waals surface area contributed by atoms with E-state index in [0.29, 0.717) is 13.0 Å². The van der Waals surface area contributed by atoms with Crippen molar-refractivity contribution in [1.29, 1.82) is 0 Å². The third-order valence-corrected chi connectivity index (χ3v) is 6.36. The molecule has 2 heterocycles. The minimum absolute atomic E-state index is 0.114. The summed E-state index contributed by atoms with van der Waals surface area (Å²) in [5, 5.41) is 13.2. The number of nitrogens with zero attached hydrogens (tertiary/aromatic N) is 1. The van der Waals surface area contributed by atoms with Gasteiger partial charge in [-0.05, 0) is 66.6 Å². The van der Waals surface area contributed by atoms with Crippen LogP contribution in [0.15, 0.2) is 66.0 Å². The van der Waals surface area contributed by atoms with Crippen molar-refractivity contribution in [2.24, 2.45) is 0 Å².